The Hall–Kier alpha value is -1.49. The van der Waals surface area contributed by atoms with E-state index < -0.39 is 0 Å². The summed E-state index contributed by atoms with van der Waals surface area (Å²) < 4.78 is 0. The van der Waals surface area contributed by atoms with Crippen LogP contribution in [0.1, 0.15) is 6.42 Å². The molecule has 2 fully saturated rings. The second kappa shape index (κ2) is 4.07. The molecular formula is C12H12N2O2S. The van der Waals surface area contributed by atoms with Crippen molar-refractivity contribution in [3.05, 3.63) is 30.3 Å². The Morgan fingerprint density at radius 1 is 1.18 bits per heavy atom. The van der Waals surface area contributed by atoms with Crippen LogP contribution in [0.4, 0.5) is 10.5 Å². The molecule has 2 heterocycles. The second-order valence-electron chi connectivity index (χ2n) is 4.10. The molecule has 5 heteroatoms. The lowest BCUT2D eigenvalue weighted by Gasteiger charge is -2.25. The summed E-state index contributed by atoms with van der Waals surface area (Å²) in [5.41, 5.74) is 0.668. The summed E-state index contributed by atoms with van der Waals surface area (Å²) in [5.74, 6) is 1.49. The number of thioether (sulfide) groups is 1. The first-order chi connectivity index (χ1) is 8.29. The number of carbonyl (C=O) groups excluding carboxylic acids is 2. The van der Waals surface area contributed by atoms with Crippen LogP contribution < -0.4 is 4.90 Å². The Labute approximate surface area is 104 Å². The monoisotopic (exact) mass is 248 g/mol. The summed E-state index contributed by atoms with van der Waals surface area (Å²) in [4.78, 5) is 27.3. The minimum atomic E-state index is -0.246. The topological polar surface area (TPSA) is 40.6 Å². The maximum atomic E-state index is 12.2. The molecule has 0 saturated carbocycles. The van der Waals surface area contributed by atoms with E-state index in [1.165, 1.54) is 4.90 Å². The van der Waals surface area contributed by atoms with Gasteiger partial charge in [-0.25, -0.2) is 9.69 Å². The van der Waals surface area contributed by atoms with E-state index in [9.17, 15) is 9.59 Å². The van der Waals surface area contributed by atoms with Gasteiger partial charge < -0.3 is 4.90 Å². The van der Waals surface area contributed by atoms with Crippen LogP contribution in [0.25, 0.3) is 0 Å². The quantitative estimate of drug-likeness (QED) is 0.713. The van der Waals surface area contributed by atoms with Crippen LogP contribution in [0.15, 0.2) is 30.3 Å². The van der Waals surface area contributed by atoms with Crippen LogP contribution in [0.5, 0.6) is 0 Å². The molecule has 4 nitrogen and oxygen atoms in total. The molecule has 2 saturated heterocycles. The number of fused-ring (bicyclic) bond motifs is 1. The first kappa shape index (κ1) is 10.7. The predicted molar refractivity (Wildman–Crippen MR) is 66.9 cm³/mol. The summed E-state index contributed by atoms with van der Waals surface area (Å²) in [5, 5.41) is 0. The third-order valence-electron chi connectivity index (χ3n) is 3.10. The largest absolute Gasteiger partial charge is 0.332 e. The van der Waals surface area contributed by atoms with Gasteiger partial charge in [-0.15, -0.1) is 11.8 Å². The van der Waals surface area contributed by atoms with E-state index in [0.717, 1.165) is 12.2 Å². The zero-order valence-corrected chi connectivity index (χ0v) is 10.0. The van der Waals surface area contributed by atoms with E-state index in [2.05, 4.69) is 0 Å². The number of amides is 3. The van der Waals surface area contributed by atoms with Gasteiger partial charge in [0.25, 0.3) is 5.91 Å². The van der Waals surface area contributed by atoms with Crippen molar-refractivity contribution in [2.75, 3.05) is 16.5 Å². The van der Waals surface area contributed by atoms with Gasteiger partial charge in [-0.2, -0.15) is 0 Å². The van der Waals surface area contributed by atoms with Gasteiger partial charge >= 0.3 is 6.03 Å². The molecule has 0 unspecified atom stereocenters. The van der Waals surface area contributed by atoms with Crippen molar-refractivity contribution >= 4 is 29.4 Å². The Morgan fingerprint density at radius 3 is 2.65 bits per heavy atom. The van der Waals surface area contributed by atoms with Crippen molar-refractivity contribution < 1.29 is 9.59 Å². The summed E-state index contributed by atoms with van der Waals surface area (Å²) in [7, 11) is 0. The molecule has 1 aromatic carbocycles. The summed E-state index contributed by atoms with van der Waals surface area (Å²) in [6, 6.07) is 8.70. The molecule has 0 radical (unpaired) electrons. The average Bonchev–Trinajstić information content (AvgIpc) is 2.64. The lowest BCUT2D eigenvalue weighted by Crippen LogP contribution is -2.38. The van der Waals surface area contributed by atoms with Gasteiger partial charge in [-0.1, -0.05) is 18.2 Å². The van der Waals surface area contributed by atoms with Crippen molar-refractivity contribution in [1.29, 1.82) is 0 Å². The molecule has 0 bridgehead atoms. The Morgan fingerprint density at radius 2 is 1.94 bits per heavy atom. The molecule has 88 valence electrons. The standard InChI is InChI=1S/C12H12N2O2S/c15-11-10-6-7-17-8-13(10)12(16)14(11)9-4-2-1-3-5-9/h1-5,10H,6-8H2/t10-/m1/s1. The van der Waals surface area contributed by atoms with Gasteiger partial charge in [0.05, 0.1) is 11.6 Å². The highest BCUT2D eigenvalue weighted by molar-refractivity contribution is 7.99. The van der Waals surface area contributed by atoms with Gasteiger partial charge in [0, 0.05) is 0 Å². The van der Waals surface area contributed by atoms with Crippen molar-refractivity contribution in [3.63, 3.8) is 0 Å². The van der Waals surface area contributed by atoms with E-state index in [1.807, 2.05) is 18.2 Å². The van der Waals surface area contributed by atoms with E-state index >= 15 is 0 Å². The van der Waals surface area contributed by atoms with E-state index in [-0.39, 0.29) is 18.0 Å². The summed E-state index contributed by atoms with van der Waals surface area (Å²) in [6.07, 6.45) is 0.762. The van der Waals surface area contributed by atoms with Gasteiger partial charge in [0.2, 0.25) is 0 Å². The summed E-state index contributed by atoms with van der Waals surface area (Å²) >= 11 is 1.70. The number of anilines is 1. The second-order valence-corrected chi connectivity index (χ2v) is 5.18. The number of para-hydroxylation sites is 1. The Balaban J connectivity index is 1.96. The highest BCUT2D eigenvalue weighted by Crippen LogP contribution is 2.31. The maximum absolute atomic E-state index is 12.2. The van der Waals surface area contributed by atoms with Gasteiger partial charge in [0.15, 0.2) is 0 Å². The molecule has 1 aromatic rings. The maximum Gasteiger partial charge on any atom is 0.332 e. The van der Waals surface area contributed by atoms with E-state index in [1.54, 1.807) is 28.8 Å². The molecular weight excluding hydrogens is 236 g/mol. The number of benzene rings is 1. The molecule has 1 atom stereocenters. The van der Waals surface area contributed by atoms with E-state index in [4.69, 9.17) is 0 Å². The molecule has 0 aromatic heterocycles. The molecule has 3 rings (SSSR count). The van der Waals surface area contributed by atoms with Crippen LogP contribution in [0.2, 0.25) is 0 Å². The van der Waals surface area contributed by atoms with Crippen LogP contribution in [-0.2, 0) is 4.79 Å². The van der Waals surface area contributed by atoms with Gasteiger partial charge in [-0.3, -0.25) is 4.79 Å². The Kier molecular flexibility index (Phi) is 2.55. The third-order valence-corrected chi connectivity index (χ3v) is 4.08. The molecule has 17 heavy (non-hydrogen) atoms. The first-order valence-corrected chi connectivity index (χ1v) is 6.72. The minimum absolute atomic E-state index is 0.0819. The van der Waals surface area contributed by atoms with Crippen molar-refractivity contribution in [1.82, 2.24) is 4.90 Å². The van der Waals surface area contributed by atoms with Crippen molar-refractivity contribution in [2.45, 2.75) is 12.5 Å². The summed E-state index contributed by atoms with van der Waals surface area (Å²) in [6.45, 7) is 0. The predicted octanol–water partition coefficient (Wildman–Crippen LogP) is 1.92. The van der Waals surface area contributed by atoms with Crippen molar-refractivity contribution in [2.24, 2.45) is 0 Å². The van der Waals surface area contributed by atoms with Crippen LogP contribution in [0.3, 0.4) is 0 Å². The number of imide groups is 1. The van der Waals surface area contributed by atoms with Gasteiger partial charge in [0.1, 0.15) is 6.04 Å². The number of nitrogens with zero attached hydrogens (tertiary/aromatic N) is 2. The fraction of sp³-hybridized carbons (Fsp3) is 0.333. The smallest absolute Gasteiger partial charge is 0.303 e. The third kappa shape index (κ3) is 1.61. The molecule has 2 aliphatic heterocycles. The number of hydrogen-bond acceptors (Lipinski definition) is 3. The van der Waals surface area contributed by atoms with E-state index in [0.29, 0.717) is 11.6 Å². The number of hydrogen-bond donors (Lipinski definition) is 0. The fourth-order valence-electron chi connectivity index (χ4n) is 2.24. The molecule has 0 spiro atoms. The van der Waals surface area contributed by atoms with Crippen LogP contribution >= 0.6 is 11.8 Å². The molecule has 0 N–H and O–H groups in total. The number of urea groups is 1. The highest BCUT2D eigenvalue weighted by Gasteiger charge is 2.46. The molecule has 3 amide bonds. The fourth-order valence-corrected chi connectivity index (χ4v) is 3.24. The molecule has 2 aliphatic rings. The number of carbonyl (C=O) groups is 2. The highest BCUT2D eigenvalue weighted by atomic mass is 32.2. The molecule has 0 aliphatic carbocycles. The average molecular weight is 248 g/mol. The zero-order valence-electron chi connectivity index (χ0n) is 9.20. The zero-order chi connectivity index (χ0) is 11.8. The lowest BCUT2D eigenvalue weighted by atomic mass is 10.2. The minimum Gasteiger partial charge on any atom is -0.303 e. The lowest BCUT2D eigenvalue weighted by molar-refractivity contribution is -0.119. The van der Waals surface area contributed by atoms with Crippen molar-refractivity contribution in [3.8, 4) is 0 Å². The van der Waals surface area contributed by atoms with Gasteiger partial charge in [-0.05, 0) is 24.3 Å². The first-order valence-electron chi connectivity index (χ1n) is 5.56. The number of rotatable bonds is 1. The normalized spacial score (nSPS) is 24.1. The van der Waals surface area contributed by atoms with Crippen LogP contribution in [0, 0.1) is 0 Å². The SMILES string of the molecule is O=C1[C@H]2CCSCN2C(=O)N1c1ccccc1. The Bertz CT molecular complexity index is 439. The van der Waals surface area contributed by atoms with Crippen LogP contribution in [-0.4, -0.2) is 34.5 Å².